The molecule has 0 saturated heterocycles. The molecule has 4 aliphatic carbocycles. The SMILES string of the molecule is CC(F)(F)COC(=O)C12CC3CC(CC(C3)C1)C2.c1ccc([S+](c2ccccc2)c2ccccc2)cc1. The molecule has 4 aliphatic rings. The summed E-state index contributed by atoms with van der Waals surface area (Å²) in [6.45, 7) is 0.0214. The number of ether oxygens (including phenoxy) is 1. The summed E-state index contributed by atoms with van der Waals surface area (Å²) in [7, 11) is -0.0146. The van der Waals surface area contributed by atoms with Gasteiger partial charge in [-0.25, -0.2) is 8.78 Å². The van der Waals surface area contributed by atoms with E-state index in [1.165, 1.54) is 33.9 Å². The van der Waals surface area contributed by atoms with Crippen molar-refractivity contribution in [2.75, 3.05) is 6.61 Å². The van der Waals surface area contributed by atoms with E-state index < -0.39 is 17.9 Å². The highest BCUT2D eigenvalue weighted by molar-refractivity contribution is 7.97. The van der Waals surface area contributed by atoms with Crippen molar-refractivity contribution in [3.05, 3.63) is 91.0 Å². The first-order valence-electron chi connectivity index (χ1n) is 13.3. The van der Waals surface area contributed by atoms with E-state index in [4.69, 9.17) is 4.74 Å². The van der Waals surface area contributed by atoms with Gasteiger partial charge >= 0.3 is 5.97 Å². The van der Waals surface area contributed by atoms with Crippen molar-refractivity contribution in [2.24, 2.45) is 23.2 Å². The maximum Gasteiger partial charge on any atom is 0.312 e. The number of hydrogen-bond donors (Lipinski definition) is 0. The van der Waals surface area contributed by atoms with Gasteiger partial charge in [0.05, 0.1) is 16.3 Å². The van der Waals surface area contributed by atoms with Crippen LogP contribution in [0.4, 0.5) is 8.78 Å². The third-order valence-corrected chi connectivity index (χ3v) is 10.1. The minimum atomic E-state index is -2.92. The van der Waals surface area contributed by atoms with E-state index >= 15 is 0 Å². The predicted molar refractivity (Wildman–Crippen MR) is 144 cm³/mol. The molecule has 0 N–H and O–H groups in total. The van der Waals surface area contributed by atoms with Crippen LogP contribution >= 0.6 is 0 Å². The molecule has 5 heteroatoms. The lowest BCUT2D eigenvalue weighted by molar-refractivity contribution is -0.180. The Kier molecular flexibility index (Phi) is 7.71. The lowest BCUT2D eigenvalue weighted by atomic mass is 9.49. The molecule has 4 saturated carbocycles. The van der Waals surface area contributed by atoms with E-state index in [1.807, 2.05) is 0 Å². The van der Waals surface area contributed by atoms with Crippen LogP contribution in [0.5, 0.6) is 0 Å². The number of halogens is 2. The minimum absolute atomic E-state index is 0.0146. The number of carbonyl (C=O) groups excluding carboxylic acids is 1. The molecule has 194 valence electrons. The smallest absolute Gasteiger partial charge is 0.312 e. The molecule has 0 radical (unpaired) electrons. The topological polar surface area (TPSA) is 26.3 Å². The highest BCUT2D eigenvalue weighted by Crippen LogP contribution is 2.60. The molecule has 0 heterocycles. The third kappa shape index (κ3) is 6.26. The van der Waals surface area contributed by atoms with Crippen molar-refractivity contribution in [3.63, 3.8) is 0 Å². The average molecular weight is 522 g/mol. The Hall–Kier alpha value is -2.66. The van der Waals surface area contributed by atoms with Gasteiger partial charge in [-0.2, -0.15) is 0 Å². The molecule has 0 spiro atoms. The Labute approximate surface area is 221 Å². The van der Waals surface area contributed by atoms with Gasteiger partial charge in [0.25, 0.3) is 5.92 Å². The van der Waals surface area contributed by atoms with E-state index in [0.717, 1.165) is 26.2 Å². The zero-order valence-corrected chi connectivity index (χ0v) is 22.1. The number of rotatable bonds is 6. The van der Waals surface area contributed by atoms with Crippen LogP contribution in [0.15, 0.2) is 106 Å². The van der Waals surface area contributed by atoms with Crippen molar-refractivity contribution < 1.29 is 18.3 Å². The fourth-order valence-electron chi connectivity index (χ4n) is 6.78. The summed E-state index contributed by atoms with van der Waals surface area (Å²) < 4.78 is 30.5. The summed E-state index contributed by atoms with van der Waals surface area (Å²) in [5.74, 6) is -1.39. The second-order valence-electron chi connectivity index (χ2n) is 11.1. The lowest BCUT2D eigenvalue weighted by Gasteiger charge is -2.55. The van der Waals surface area contributed by atoms with Gasteiger partial charge in [0, 0.05) is 6.92 Å². The molecule has 0 amide bonds. The molecule has 0 atom stereocenters. The zero-order chi connectivity index (χ0) is 25.9. The maximum atomic E-state index is 12.8. The zero-order valence-electron chi connectivity index (χ0n) is 21.3. The summed E-state index contributed by atoms with van der Waals surface area (Å²) in [5.41, 5.74) is -0.417. The molecule has 7 rings (SSSR count). The first kappa shape index (κ1) is 26.0. The molecule has 3 aromatic rings. The van der Waals surface area contributed by atoms with E-state index in [2.05, 4.69) is 91.0 Å². The molecule has 2 nitrogen and oxygen atoms in total. The normalized spacial score (nSPS) is 25.9. The van der Waals surface area contributed by atoms with Crippen LogP contribution in [0.25, 0.3) is 0 Å². The third-order valence-electron chi connectivity index (χ3n) is 7.86. The Bertz CT molecular complexity index is 1030. The summed E-state index contributed by atoms with van der Waals surface area (Å²) in [6.07, 6.45) is 6.30. The number of esters is 1. The maximum absolute atomic E-state index is 12.8. The van der Waals surface area contributed by atoms with E-state index in [0.29, 0.717) is 17.8 Å². The van der Waals surface area contributed by atoms with E-state index in [1.54, 1.807) is 0 Å². The first-order chi connectivity index (χ1) is 17.8. The number of hydrogen-bond acceptors (Lipinski definition) is 2. The van der Waals surface area contributed by atoms with E-state index in [9.17, 15) is 13.6 Å². The van der Waals surface area contributed by atoms with Gasteiger partial charge in [0.15, 0.2) is 21.3 Å². The number of alkyl halides is 2. The van der Waals surface area contributed by atoms with Crippen molar-refractivity contribution in [2.45, 2.75) is 66.1 Å². The van der Waals surface area contributed by atoms with Crippen molar-refractivity contribution in [1.29, 1.82) is 0 Å². The number of benzene rings is 3. The molecule has 0 unspecified atom stereocenters. The summed E-state index contributed by atoms with van der Waals surface area (Å²) >= 11 is 0. The lowest BCUT2D eigenvalue weighted by Crippen LogP contribution is -2.51. The van der Waals surface area contributed by atoms with Gasteiger partial charge in [-0.3, -0.25) is 4.79 Å². The fourth-order valence-corrected chi connectivity index (χ4v) is 8.89. The van der Waals surface area contributed by atoms with Crippen LogP contribution in [0.2, 0.25) is 0 Å². The predicted octanol–water partition coefficient (Wildman–Crippen LogP) is 8.18. The largest absolute Gasteiger partial charge is 0.459 e. The quantitative estimate of drug-likeness (QED) is 0.241. The van der Waals surface area contributed by atoms with Gasteiger partial charge in [-0.15, -0.1) is 0 Å². The van der Waals surface area contributed by atoms with Gasteiger partial charge in [-0.05, 0) is 92.7 Å². The van der Waals surface area contributed by atoms with Crippen LogP contribution < -0.4 is 0 Å². The molecule has 0 aromatic heterocycles. The molecule has 4 bridgehead atoms. The standard InChI is InChI=1S/C18H15S.C14H20F2O2/c1-4-10-16(11-5-1)19(17-12-6-2-7-13-17)18-14-8-3-9-15-18;1-13(15,16)8-18-12(17)14-5-9-2-10(6-14)4-11(3-9)7-14/h1-15H;9-11H,2-8H2,1H3/q+1;. The Morgan fingerprint density at radius 2 is 1.11 bits per heavy atom. The second kappa shape index (κ2) is 11.0. The van der Waals surface area contributed by atoms with Crippen LogP contribution in [0, 0.1) is 23.2 Å². The van der Waals surface area contributed by atoms with Gasteiger partial charge < -0.3 is 4.74 Å². The molecule has 4 fully saturated rings. The van der Waals surface area contributed by atoms with Crippen LogP contribution in [0.1, 0.15) is 45.4 Å². The molecular weight excluding hydrogens is 486 g/mol. The summed E-state index contributed by atoms with van der Waals surface area (Å²) in [5, 5.41) is 0. The van der Waals surface area contributed by atoms with Gasteiger partial charge in [-0.1, -0.05) is 54.6 Å². The Balaban J connectivity index is 0.000000152. The van der Waals surface area contributed by atoms with Gasteiger partial charge in [0.2, 0.25) is 0 Å². The minimum Gasteiger partial charge on any atom is -0.459 e. The van der Waals surface area contributed by atoms with Crippen LogP contribution in [0.3, 0.4) is 0 Å². The van der Waals surface area contributed by atoms with Crippen LogP contribution in [-0.2, 0) is 20.4 Å². The molecule has 3 aromatic carbocycles. The number of carbonyl (C=O) groups is 1. The van der Waals surface area contributed by atoms with E-state index in [-0.39, 0.29) is 16.9 Å². The molecule has 0 aliphatic heterocycles. The summed E-state index contributed by atoms with van der Waals surface area (Å²) in [6, 6.07) is 32.2. The Morgan fingerprint density at radius 1 is 0.757 bits per heavy atom. The van der Waals surface area contributed by atoms with Crippen molar-refractivity contribution >= 4 is 16.9 Å². The Morgan fingerprint density at radius 3 is 1.43 bits per heavy atom. The average Bonchev–Trinajstić information content (AvgIpc) is 2.89. The van der Waals surface area contributed by atoms with Crippen molar-refractivity contribution in [1.82, 2.24) is 0 Å². The van der Waals surface area contributed by atoms with Gasteiger partial charge in [0.1, 0.15) is 0 Å². The summed E-state index contributed by atoms with van der Waals surface area (Å²) in [4.78, 5) is 16.3. The fraction of sp³-hybridized carbons (Fsp3) is 0.406. The second-order valence-corrected chi connectivity index (χ2v) is 13.1. The van der Waals surface area contributed by atoms with Crippen molar-refractivity contribution in [3.8, 4) is 0 Å². The highest BCUT2D eigenvalue weighted by atomic mass is 32.2. The molecular formula is C32H35F2O2S+. The van der Waals surface area contributed by atoms with Crippen LogP contribution in [-0.4, -0.2) is 18.5 Å². The molecule has 37 heavy (non-hydrogen) atoms. The monoisotopic (exact) mass is 521 g/mol. The first-order valence-corrected chi connectivity index (χ1v) is 14.5. The highest BCUT2D eigenvalue weighted by Gasteiger charge is 2.55.